The zero-order valence-corrected chi connectivity index (χ0v) is 9.13. The lowest BCUT2D eigenvalue weighted by molar-refractivity contribution is -0.140. The molecule has 0 aliphatic carbocycles. The summed E-state index contributed by atoms with van der Waals surface area (Å²) in [4.78, 5) is 14.8. The quantitative estimate of drug-likeness (QED) is 0.740. The smallest absolute Gasteiger partial charge is 0.307 e. The number of nitrogens with zero attached hydrogens (tertiary/aromatic N) is 2. The summed E-state index contributed by atoms with van der Waals surface area (Å²) in [7, 11) is 0. The number of aryl methyl sites for hydroxylation is 1. The molecule has 1 aromatic rings. The van der Waals surface area contributed by atoms with Gasteiger partial charge in [-0.1, -0.05) is 25.6 Å². The van der Waals surface area contributed by atoms with E-state index in [0.717, 1.165) is 5.82 Å². The van der Waals surface area contributed by atoms with Gasteiger partial charge in [0.2, 0.25) is 5.16 Å². The lowest BCUT2D eigenvalue weighted by atomic mass is 10.1. The predicted octanol–water partition coefficient (Wildman–Crippen LogP) is 1.31. The van der Waals surface area contributed by atoms with Crippen molar-refractivity contribution in [2.24, 2.45) is 5.92 Å². The highest BCUT2D eigenvalue weighted by atomic mass is 32.2. The van der Waals surface area contributed by atoms with Crippen molar-refractivity contribution < 1.29 is 9.90 Å². The molecule has 0 fully saturated rings. The molecule has 14 heavy (non-hydrogen) atoms. The molecule has 0 saturated carbocycles. The first-order valence-corrected chi connectivity index (χ1v) is 5.17. The van der Waals surface area contributed by atoms with Crippen LogP contribution in [-0.2, 0) is 4.79 Å². The molecule has 0 aromatic carbocycles. The normalized spacial score (nSPS) is 15.1. The Morgan fingerprint density at radius 2 is 2.21 bits per heavy atom. The zero-order valence-electron chi connectivity index (χ0n) is 8.31. The molecule has 0 bridgehead atoms. The van der Waals surface area contributed by atoms with Crippen LogP contribution in [0, 0.1) is 12.8 Å². The van der Waals surface area contributed by atoms with E-state index in [4.69, 9.17) is 5.11 Å². The zero-order chi connectivity index (χ0) is 10.7. The van der Waals surface area contributed by atoms with Gasteiger partial charge in [-0.3, -0.25) is 9.89 Å². The number of aromatic amines is 1. The fourth-order valence-corrected chi connectivity index (χ4v) is 1.79. The summed E-state index contributed by atoms with van der Waals surface area (Å²) in [6.07, 6.45) is 0. The molecule has 0 amide bonds. The molecule has 1 heterocycles. The van der Waals surface area contributed by atoms with Crippen molar-refractivity contribution in [1.82, 2.24) is 15.2 Å². The van der Waals surface area contributed by atoms with E-state index >= 15 is 0 Å². The molecule has 5 nitrogen and oxygen atoms in total. The Kier molecular flexibility index (Phi) is 3.51. The summed E-state index contributed by atoms with van der Waals surface area (Å²) < 4.78 is 0. The molecule has 2 N–H and O–H groups in total. The van der Waals surface area contributed by atoms with Gasteiger partial charge in [-0.2, -0.15) is 0 Å². The Morgan fingerprint density at radius 3 is 2.64 bits per heavy atom. The van der Waals surface area contributed by atoms with Gasteiger partial charge in [0.1, 0.15) is 5.82 Å². The Labute approximate surface area is 86.3 Å². The standard InChI is InChI=1S/C8H13N3O2S/c1-4(7(12)13)5(2)14-8-9-6(3)10-11-8/h4-5H,1-3H3,(H,12,13)(H,9,10,11). The van der Waals surface area contributed by atoms with Gasteiger partial charge in [-0.05, 0) is 6.92 Å². The van der Waals surface area contributed by atoms with Crippen molar-refractivity contribution in [3.05, 3.63) is 5.82 Å². The Balaban J connectivity index is 2.56. The number of H-pyrrole nitrogens is 1. The summed E-state index contributed by atoms with van der Waals surface area (Å²) in [6.45, 7) is 5.34. The number of carbonyl (C=O) groups is 1. The molecule has 0 saturated heterocycles. The third-order valence-electron chi connectivity index (χ3n) is 1.96. The highest BCUT2D eigenvalue weighted by Crippen LogP contribution is 2.24. The number of rotatable bonds is 4. The Hall–Kier alpha value is -1.04. The molecule has 2 unspecified atom stereocenters. The maximum Gasteiger partial charge on any atom is 0.307 e. The van der Waals surface area contributed by atoms with E-state index in [-0.39, 0.29) is 5.25 Å². The second-order valence-electron chi connectivity index (χ2n) is 3.15. The van der Waals surface area contributed by atoms with Crippen molar-refractivity contribution in [2.45, 2.75) is 31.2 Å². The van der Waals surface area contributed by atoms with Crippen LogP contribution in [0.1, 0.15) is 19.7 Å². The number of carboxylic acids is 1. The second kappa shape index (κ2) is 4.45. The number of aromatic nitrogens is 3. The van der Waals surface area contributed by atoms with Gasteiger partial charge >= 0.3 is 5.97 Å². The van der Waals surface area contributed by atoms with Crippen LogP contribution in [0.3, 0.4) is 0 Å². The summed E-state index contributed by atoms with van der Waals surface area (Å²) in [5, 5.41) is 16.0. The van der Waals surface area contributed by atoms with E-state index < -0.39 is 11.9 Å². The highest BCUT2D eigenvalue weighted by Gasteiger charge is 2.21. The van der Waals surface area contributed by atoms with Gasteiger partial charge in [0, 0.05) is 5.25 Å². The van der Waals surface area contributed by atoms with Crippen molar-refractivity contribution >= 4 is 17.7 Å². The van der Waals surface area contributed by atoms with Crippen LogP contribution in [0.5, 0.6) is 0 Å². The molecule has 78 valence electrons. The minimum absolute atomic E-state index is 0.0392. The number of aliphatic carboxylic acids is 1. The van der Waals surface area contributed by atoms with Gasteiger partial charge in [-0.25, -0.2) is 4.98 Å². The lowest BCUT2D eigenvalue weighted by Crippen LogP contribution is -2.20. The average molecular weight is 215 g/mol. The lowest BCUT2D eigenvalue weighted by Gasteiger charge is -2.12. The fourth-order valence-electron chi connectivity index (χ4n) is 0.844. The van der Waals surface area contributed by atoms with Gasteiger partial charge in [0.25, 0.3) is 0 Å². The third kappa shape index (κ3) is 2.73. The molecular weight excluding hydrogens is 202 g/mol. The summed E-state index contributed by atoms with van der Waals surface area (Å²) in [6, 6.07) is 0. The van der Waals surface area contributed by atoms with Crippen LogP contribution in [0.15, 0.2) is 5.16 Å². The van der Waals surface area contributed by atoms with Gasteiger partial charge in [-0.15, -0.1) is 5.10 Å². The largest absolute Gasteiger partial charge is 0.481 e. The van der Waals surface area contributed by atoms with Crippen molar-refractivity contribution in [3.63, 3.8) is 0 Å². The van der Waals surface area contributed by atoms with E-state index in [0.29, 0.717) is 5.16 Å². The summed E-state index contributed by atoms with van der Waals surface area (Å²) >= 11 is 1.37. The number of hydrogen-bond donors (Lipinski definition) is 2. The molecule has 6 heteroatoms. The minimum Gasteiger partial charge on any atom is -0.481 e. The number of hydrogen-bond acceptors (Lipinski definition) is 4. The van der Waals surface area contributed by atoms with Crippen molar-refractivity contribution in [2.75, 3.05) is 0 Å². The number of nitrogens with one attached hydrogen (secondary N) is 1. The van der Waals surface area contributed by atoms with Crippen molar-refractivity contribution in [3.8, 4) is 0 Å². The monoisotopic (exact) mass is 215 g/mol. The Bertz CT molecular complexity index is 326. The highest BCUT2D eigenvalue weighted by molar-refractivity contribution is 7.99. The SMILES string of the molecule is Cc1nc(SC(C)C(C)C(=O)O)n[nH]1. The van der Waals surface area contributed by atoms with Crippen molar-refractivity contribution in [1.29, 1.82) is 0 Å². The molecule has 0 radical (unpaired) electrons. The molecule has 0 aliphatic heterocycles. The molecule has 0 spiro atoms. The van der Waals surface area contributed by atoms with Crippen LogP contribution < -0.4 is 0 Å². The maximum atomic E-state index is 10.7. The van der Waals surface area contributed by atoms with E-state index in [2.05, 4.69) is 15.2 Å². The van der Waals surface area contributed by atoms with E-state index in [1.165, 1.54) is 11.8 Å². The Morgan fingerprint density at radius 1 is 1.57 bits per heavy atom. The molecule has 2 atom stereocenters. The number of thioether (sulfide) groups is 1. The third-order valence-corrected chi connectivity index (χ3v) is 3.14. The van der Waals surface area contributed by atoms with Gasteiger partial charge in [0.15, 0.2) is 0 Å². The van der Waals surface area contributed by atoms with Gasteiger partial charge in [0.05, 0.1) is 5.92 Å². The van der Waals surface area contributed by atoms with Gasteiger partial charge < -0.3 is 5.11 Å². The van der Waals surface area contributed by atoms with E-state index in [9.17, 15) is 4.79 Å². The predicted molar refractivity (Wildman–Crippen MR) is 53.2 cm³/mol. The maximum absolute atomic E-state index is 10.7. The molecule has 1 aromatic heterocycles. The average Bonchev–Trinajstić information content (AvgIpc) is 2.49. The first-order chi connectivity index (χ1) is 6.50. The van der Waals surface area contributed by atoms with Crippen LogP contribution in [0.25, 0.3) is 0 Å². The van der Waals surface area contributed by atoms with Crippen LogP contribution in [-0.4, -0.2) is 31.5 Å². The molecular formula is C8H13N3O2S. The van der Waals surface area contributed by atoms with Crippen LogP contribution in [0.4, 0.5) is 0 Å². The number of carboxylic acid groups (broad SMARTS) is 1. The second-order valence-corrected chi connectivity index (χ2v) is 4.50. The topological polar surface area (TPSA) is 78.9 Å². The van der Waals surface area contributed by atoms with Crippen LogP contribution in [0.2, 0.25) is 0 Å². The molecule has 0 aliphatic rings. The summed E-state index contributed by atoms with van der Waals surface area (Å²) in [5.74, 6) is -0.459. The van der Waals surface area contributed by atoms with E-state index in [1.54, 1.807) is 6.92 Å². The summed E-state index contributed by atoms with van der Waals surface area (Å²) in [5.41, 5.74) is 0. The first-order valence-electron chi connectivity index (χ1n) is 4.29. The van der Waals surface area contributed by atoms with Crippen LogP contribution >= 0.6 is 11.8 Å². The fraction of sp³-hybridized carbons (Fsp3) is 0.625. The van der Waals surface area contributed by atoms with E-state index in [1.807, 2.05) is 13.8 Å². The molecule has 1 rings (SSSR count). The minimum atomic E-state index is -0.794. The first kappa shape index (κ1) is 11.0.